The fourth-order valence-corrected chi connectivity index (χ4v) is 4.21. The number of aromatic nitrogens is 4. The first-order valence-corrected chi connectivity index (χ1v) is 12.3. The summed E-state index contributed by atoms with van der Waals surface area (Å²) in [5, 5.41) is 5.46. The van der Waals surface area contributed by atoms with Gasteiger partial charge in [0.05, 0.1) is 26.9 Å². The standard InChI is InChI=1S/C28H28N6O6/c1-39-27(37)23(11-17-13-29-15-31-17)33-25(35)21-9-5-3-7-19(21)20-8-4-6-10-22(20)26(36)34-24(28(38)40-2)12-18-14-30-16-32-18/h3-10,13-16,23-24H,11-12H2,1-2H3,(H,29,31)(H,30,32)(H,33,35)(H,34,36)/t23-,24-/m1/s1. The number of nitrogens with one attached hydrogen (secondary N) is 4. The van der Waals surface area contributed by atoms with Crippen LogP contribution in [0.4, 0.5) is 0 Å². The second-order valence-electron chi connectivity index (χ2n) is 8.75. The number of amides is 2. The van der Waals surface area contributed by atoms with E-state index in [2.05, 4.69) is 30.6 Å². The molecule has 2 amide bonds. The third-order valence-corrected chi connectivity index (χ3v) is 6.17. The van der Waals surface area contributed by atoms with Crippen molar-refractivity contribution in [2.45, 2.75) is 24.9 Å². The first kappa shape index (κ1) is 27.8. The Morgan fingerprint density at radius 2 is 1.10 bits per heavy atom. The smallest absolute Gasteiger partial charge is 0.328 e. The van der Waals surface area contributed by atoms with Crippen molar-refractivity contribution in [3.63, 3.8) is 0 Å². The van der Waals surface area contributed by atoms with Gasteiger partial charge in [0, 0.05) is 47.8 Å². The number of H-pyrrole nitrogens is 2. The van der Waals surface area contributed by atoms with E-state index in [1.54, 1.807) is 60.9 Å². The average Bonchev–Trinajstić information content (AvgIpc) is 3.70. The minimum absolute atomic E-state index is 0.144. The molecular formula is C28H28N6O6. The molecule has 0 fully saturated rings. The molecule has 2 heterocycles. The van der Waals surface area contributed by atoms with E-state index in [4.69, 9.17) is 9.47 Å². The van der Waals surface area contributed by atoms with Gasteiger partial charge in [0.1, 0.15) is 12.1 Å². The maximum absolute atomic E-state index is 13.4. The van der Waals surface area contributed by atoms with Crippen molar-refractivity contribution in [2.75, 3.05) is 14.2 Å². The molecule has 4 aromatic rings. The predicted octanol–water partition coefficient (Wildman–Crippen LogP) is 1.83. The lowest BCUT2D eigenvalue weighted by molar-refractivity contribution is -0.143. The predicted molar refractivity (Wildman–Crippen MR) is 143 cm³/mol. The minimum atomic E-state index is -0.979. The topological polar surface area (TPSA) is 168 Å². The molecule has 12 heteroatoms. The Labute approximate surface area is 229 Å². The molecule has 0 aliphatic carbocycles. The van der Waals surface area contributed by atoms with Crippen LogP contribution in [0, 0.1) is 0 Å². The Morgan fingerprint density at radius 1 is 0.700 bits per heavy atom. The quantitative estimate of drug-likeness (QED) is 0.207. The third-order valence-electron chi connectivity index (χ3n) is 6.17. The lowest BCUT2D eigenvalue weighted by Crippen LogP contribution is -2.43. The summed E-state index contributed by atoms with van der Waals surface area (Å²) in [6.45, 7) is 0. The molecular weight excluding hydrogens is 516 g/mol. The third kappa shape index (κ3) is 6.59. The SMILES string of the molecule is COC(=O)[C@@H](Cc1cnc[nH]1)NC(=O)c1ccccc1-c1ccccc1C(=O)N[C@H](Cc1cnc[nH]1)C(=O)OC. The molecule has 2 aromatic carbocycles. The van der Waals surface area contributed by atoms with Crippen LogP contribution in [0.1, 0.15) is 32.1 Å². The van der Waals surface area contributed by atoms with E-state index in [0.29, 0.717) is 22.5 Å². The zero-order chi connectivity index (χ0) is 28.5. The molecule has 4 rings (SSSR count). The normalized spacial score (nSPS) is 12.2. The molecule has 4 N–H and O–H groups in total. The molecule has 0 aliphatic rings. The Morgan fingerprint density at radius 3 is 1.45 bits per heavy atom. The Bertz CT molecular complexity index is 1360. The number of carbonyl (C=O) groups excluding carboxylic acids is 4. The van der Waals surface area contributed by atoms with Gasteiger partial charge in [-0.25, -0.2) is 19.6 Å². The van der Waals surface area contributed by atoms with E-state index in [1.165, 1.54) is 26.9 Å². The number of esters is 2. The number of hydrogen-bond donors (Lipinski definition) is 4. The van der Waals surface area contributed by atoms with Crippen LogP contribution < -0.4 is 10.6 Å². The van der Waals surface area contributed by atoms with Gasteiger partial charge in [-0.05, 0) is 23.3 Å². The van der Waals surface area contributed by atoms with Crippen molar-refractivity contribution in [1.29, 1.82) is 0 Å². The first-order valence-electron chi connectivity index (χ1n) is 12.3. The maximum Gasteiger partial charge on any atom is 0.328 e. The molecule has 0 aliphatic heterocycles. The van der Waals surface area contributed by atoms with Crippen molar-refractivity contribution in [3.05, 3.63) is 96.1 Å². The van der Waals surface area contributed by atoms with Crippen LogP contribution in [-0.2, 0) is 31.9 Å². The lowest BCUT2D eigenvalue weighted by Gasteiger charge is -2.19. The van der Waals surface area contributed by atoms with Crippen molar-refractivity contribution < 1.29 is 28.7 Å². The summed E-state index contributed by atoms with van der Waals surface area (Å²) in [5.74, 6) is -2.31. The number of benzene rings is 2. The first-order chi connectivity index (χ1) is 19.4. The molecule has 0 unspecified atom stereocenters. The molecule has 0 saturated carbocycles. The van der Waals surface area contributed by atoms with E-state index >= 15 is 0 Å². The van der Waals surface area contributed by atoms with Crippen LogP contribution in [0.5, 0.6) is 0 Å². The molecule has 0 saturated heterocycles. The molecule has 0 radical (unpaired) electrons. The van der Waals surface area contributed by atoms with Crippen molar-refractivity contribution in [2.24, 2.45) is 0 Å². The van der Waals surface area contributed by atoms with Crippen molar-refractivity contribution >= 4 is 23.8 Å². The zero-order valence-corrected chi connectivity index (χ0v) is 21.8. The van der Waals surface area contributed by atoms with Crippen molar-refractivity contribution in [1.82, 2.24) is 30.6 Å². The Kier molecular flexibility index (Phi) is 9.03. The molecule has 0 bridgehead atoms. The molecule has 2 atom stereocenters. The molecule has 40 heavy (non-hydrogen) atoms. The summed E-state index contributed by atoms with van der Waals surface area (Å²) in [6.07, 6.45) is 6.35. The molecule has 12 nitrogen and oxygen atoms in total. The van der Waals surface area contributed by atoms with Gasteiger partial charge in [-0.1, -0.05) is 36.4 Å². The number of imidazole rings is 2. The Hall–Kier alpha value is -5.26. The van der Waals surface area contributed by atoms with Gasteiger partial charge < -0.3 is 30.1 Å². The Balaban J connectivity index is 1.61. The number of aromatic amines is 2. The summed E-state index contributed by atoms with van der Waals surface area (Å²) in [5.41, 5.74) is 2.67. The van der Waals surface area contributed by atoms with E-state index in [0.717, 1.165) is 0 Å². The van der Waals surface area contributed by atoms with E-state index in [1.807, 2.05) is 0 Å². The number of methoxy groups -OCH3 is 2. The summed E-state index contributed by atoms with van der Waals surface area (Å²) in [7, 11) is 2.48. The summed E-state index contributed by atoms with van der Waals surface area (Å²) in [6, 6.07) is 11.5. The highest BCUT2D eigenvalue weighted by Crippen LogP contribution is 2.28. The number of rotatable bonds is 11. The summed E-state index contributed by atoms with van der Waals surface area (Å²) >= 11 is 0. The number of carbonyl (C=O) groups is 4. The number of hydrogen-bond acceptors (Lipinski definition) is 8. The highest BCUT2D eigenvalue weighted by molar-refractivity contribution is 6.07. The van der Waals surface area contributed by atoms with Crippen LogP contribution in [-0.4, -0.2) is 70.0 Å². The molecule has 206 valence electrons. The minimum Gasteiger partial charge on any atom is -0.467 e. The van der Waals surface area contributed by atoms with Gasteiger partial charge in [-0.15, -0.1) is 0 Å². The summed E-state index contributed by atoms with van der Waals surface area (Å²) in [4.78, 5) is 65.5. The number of ether oxygens (including phenoxy) is 2. The highest BCUT2D eigenvalue weighted by Gasteiger charge is 2.27. The van der Waals surface area contributed by atoms with Crippen LogP contribution in [0.15, 0.2) is 73.6 Å². The van der Waals surface area contributed by atoms with Crippen LogP contribution in [0.25, 0.3) is 11.1 Å². The molecule has 2 aromatic heterocycles. The van der Waals surface area contributed by atoms with Gasteiger partial charge >= 0.3 is 11.9 Å². The van der Waals surface area contributed by atoms with Gasteiger partial charge in [-0.2, -0.15) is 0 Å². The largest absolute Gasteiger partial charge is 0.467 e. The van der Waals surface area contributed by atoms with Gasteiger partial charge in [-0.3, -0.25) is 9.59 Å². The lowest BCUT2D eigenvalue weighted by atomic mass is 9.94. The monoisotopic (exact) mass is 544 g/mol. The fraction of sp³-hybridized carbons (Fsp3) is 0.214. The van der Waals surface area contributed by atoms with E-state index in [-0.39, 0.29) is 24.0 Å². The fourth-order valence-electron chi connectivity index (χ4n) is 4.21. The average molecular weight is 545 g/mol. The van der Waals surface area contributed by atoms with Gasteiger partial charge in [0.25, 0.3) is 11.8 Å². The second-order valence-corrected chi connectivity index (χ2v) is 8.75. The van der Waals surface area contributed by atoms with Crippen LogP contribution in [0.3, 0.4) is 0 Å². The zero-order valence-electron chi connectivity index (χ0n) is 21.8. The second kappa shape index (κ2) is 13.0. The highest BCUT2D eigenvalue weighted by atomic mass is 16.5. The molecule has 0 spiro atoms. The van der Waals surface area contributed by atoms with Gasteiger partial charge in [0.2, 0.25) is 0 Å². The van der Waals surface area contributed by atoms with E-state index in [9.17, 15) is 19.2 Å². The maximum atomic E-state index is 13.4. The van der Waals surface area contributed by atoms with Crippen LogP contribution in [0.2, 0.25) is 0 Å². The number of nitrogens with zero attached hydrogens (tertiary/aromatic N) is 2. The van der Waals surface area contributed by atoms with E-state index < -0.39 is 35.8 Å². The van der Waals surface area contributed by atoms with Crippen molar-refractivity contribution in [3.8, 4) is 11.1 Å². The van der Waals surface area contributed by atoms with Gasteiger partial charge in [0.15, 0.2) is 0 Å². The summed E-state index contributed by atoms with van der Waals surface area (Å²) < 4.78 is 9.76. The van der Waals surface area contributed by atoms with Crippen LogP contribution >= 0.6 is 0 Å².